The normalized spacial score (nSPS) is 18.8. The number of hydrogen-bond acceptors (Lipinski definition) is 5. The number of rotatable bonds is 2. The molecule has 120 valence electrons. The van der Waals surface area contributed by atoms with Gasteiger partial charge in [0.15, 0.2) is 0 Å². The number of morpholine rings is 1. The van der Waals surface area contributed by atoms with E-state index >= 15 is 0 Å². The van der Waals surface area contributed by atoms with Crippen molar-refractivity contribution in [2.45, 2.75) is 33.1 Å². The molecule has 1 amide bonds. The molecule has 6 heteroatoms. The fraction of sp³-hybridized carbons (Fsp3) is 0.688. The number of anilines is 1. The highest BCUT2D eigenvalue weighted by molar-refractivity contribution is 5.75. The van der Waals surface area contributed by atoms with Crippen molar-refractivity contribution in [3.8, 4) is 0 Å². The molecule has 3 heterocycles. The van der Waals surface area contributed by atoms with Crippen LogP contribution in [0.4, 0.5) is 5.95 Å². The van der Waals surface area contributed by atoms with Crippen LogP contribution in [0.15, 0.2) is 0 Å². The van der Waals surface area contributed by atoms with E-state index in [4.69, 9.17) is 14.7 Å². The van der Waals surface area contributed by atoms with Crippen molar-refractivity contribution >= 4 is 11.9 Å². The summed E-state index contributed by atoms with van der Waals surface area (Å²) in [5.41, 5.74) is 3.39. The van der Waals surface area contributed by atoms with Crippen LogP contribution >= 0.6 is 0 Å². The number of carbonyl (C=O) groups is 1. The number of nitrogens with zero attached hydrogens (tertiary/aromatic N) is 4. The molecule has 0 saturated carbocycles. The Balaban J connectivity index is 1.82. The summed E-state index contributed by atoms with van der Waals surface area (Å²) in [6.45, 7) is 8.68. The molecule has 0 bridgehead atoms. The second kappa shape index (κ2) is 6.60. The van der Waals surface area contributed by atoms with Gasteiger partial charge in [-0.1, -0.05) is 6.92 Å². The molecule has 2 aliphatic rings. The Hall–Kier alpha value is -1.69. The molecule has 0 aromatic carbocycles. The van der Waals surface area contributed by atoms with Gasteiger partial charge in [0.05, 0.1) is 18.9 Å². The summed E-state index contributed by atoms with van der Waals surface area (Å²) < 4.78 is 5.40. The van der Waals surface area contributed by atoms with Crippen LogP contribution in [0, 0.1) is 6.92 Å². The third kappa shape index (κ3) is 3.06. The highest BCUT2D eigenvalue weighted by atomic mass is 16.5. The third-order valence-corrected chi connectivity index (χ3v) is 4.49. The Morgan fingerprint density at radius 1 is 1.14 bits per heavy atom. The number of amides is 1. The fourth-order valence-electron chi connectivity index (χ4n) is 3.15. The largest absolute Gasteiger partial charge is 0.378 e. The van der Waals surface area contributed by atoms with Crippen LogP contribution in [0.25, 0.3) is 0 Å². The lowest BCUT2D eigenvalue weighted by Gasteiger charge is -2.27. The summed E-state index contributed by atoms with van der Waals surface area (Å²) in [5, 5.41) is 0. The van der Waals surface area contributed by atoms with Gasteiger partial charge in [0.2, 0.25) is 11.9 Å². The zero-order valence-electron chi connectivity index (χ0n) is 13.5. The Morgan fingerprint density at radius 3 is 2.59 bits per heavy atom. The summed E-state index contributed by atoms with van der Waals surface area (Å²) in [6.07, 6.45) is 2.25. The molecule has 0 spiro atoms. The molecule has 22 heavy (non-hydrogen) atoms. The van der Waals surface area contributed by atoms with E-state index in [1.54, 1.807) is 0 Å². The first kappa shape index (κ1) is 15.2. The molecule has 1 saturated heterocycles. The molecular formula is C16H24N4O2. The van der Waals surface area contributed by atoms with Gasteiger partial charge in [0.25, 0.3) is 0 Å². The van der Waals surface area contributed by atoms with Gasteiger partial charge < -0.3 is 14.5 Å². The standard InChI is InChI=1S/C16H24N4O2/c1-3-15(21)19-6-4-13-12(2)17-16(18-14(13)5-7-19)20-8-10-22-11-9-20/h3-11H2,1-2H3. The van der Waals surface area contributed by atoms with Crippen molar-refractivity contribution in [3.63, 3.8) is 0 Å². The number of aromatic nitrogens is 2. The first-order valence-electron chi connectivity index (χ1n) is 8.16. The Morgan fingerprint density at radius 2 is 1.86 bits per heavy atom. The van der Waals surface area contributed by atoms with Crippen molar-refractivity contribution in [1.29, 1.82) is 0 Å². The Labute approximate surface area is 131 Å². The maximum Gasteiger partial charge on any atom is 0.225 e. The van der Waals surface area contributed by atoms with E-state index in [1.807, 2.05) is 11.8 Å². The van der Waals surface area contributed by atoms with Gasteiger partial charge in [-0.05, 0) is 18.9 Å². The van der Waals surface area contributed by atoms with Gasteiger partial charge in [0, 0.05) is 44.7 Å². The number of ether oxygens (including phenoxy) is 1. The van der Waals surface area contributed by atoms with E-state index < -0.39 is 0 Å². The van der Waals surface area contributed by atoms with Crippen LogP contribution in [0.5, 0.6) is 0 Å². The van der Waals surface area contributed by atoms with E-state index in [1.165, 1.54) is 5.56 Å². The van der Waals surface area contributed by atoms with Crippen LogP contribution in [-0.2, 0) is 22.4 Å². The third-order valence-electron chi connectivity index (χ3n) is 4.49. The highest BCUT2D eigenvalue weighted by Gasteiger charge is 2.22. The van der Waals surface area contributed by atoms with E-state index in [9.17, 15) is 4.79 Å². The second-order valence-corrected chi connectivity index (χ2v) is 5.87. The molecule has 0 aliphatic carbocycles. The monoisotopic (exact) mass is 304 g/mol. The molecule has 6 nitrogen and oxygen atoms in total. The molecule has 0 radical (unpaired) electrons. The molecular weight excluding hydrogens is 280 g/mol. The molecule has 0 N–H and O–H groups in total. The zero-order chi connectivity index (χ0) is 15.5. The predicted octanol–water partition coefficient (Wildman–Crippen LogP) is 0.959. The van der Waals surface area contributed by atoms with Crippen molar-refractivity contribution in [3.05, 3.63) is 17.0 Å². The summed E-state index contributed by atoms with van der Waals surface area (Å²) in [7, 11) is 0. The molecule has 1 fully saturated rings. The minimum atomic E-state index is 0.229. The highest BCUT2D eigenvalue weighted by Crippen LogP contribution is 2.21. The number of aryl methyl sites for hydroxylation is 1. The minimum Gasteiger partial charge on any atom is -0.378 e. The van der Waals surface area contributed by atoms with E-state index in [-0.39, 0.29) is 5.91 Å². The van der Waals surface area contributed by atoms with Crippen LogP contribution in [0.1, 0.15) is 30.3 Å². The maximum absolute atomic E-state index is 11.9. The molecule has 1 aromatic heterocycles. The van der Waals surface area contributed by atoms with E-state index in [0.717, 1.165) is 69.6 Å². The first-order chi connectivity index (χ1) is 10.7. The van der Waals surface area contributed by atoms with Crippen LogP contribution in [0.2, 0.25) is 0 Å². The topological polar surface area (TPSA) is 58.6 Å². The van der Waals surface area contributed by atoms with E-state index in [2.05, 4.69) is 11.8 Å². The van der Waals surface area contributed by atoms with Crippen molar-refractivity contribution in [1.82, 2.24) is 14.9 Å². The summed E-state index contributed by atoms with van der Waals surface area (Å²) in [6, 6.07) is 0. The number of fused-ring (bicyclic) bond motifs is 1. The molecule has 0 unspecified atom stereocenters. The average Bonchev–Trinajstić information content (AvgIpc) is 2.78. The van der Waals surface area contributed by atoms with Crippen LogP contribution in [-0.4, -0.2) is 60.2 Å². The molecule has 1 aromatic rings. The minimum absolute atomic E-state index is 0.229. The van der Waals surface area contributed by atoms with Gasteiger partial charge in [-0.2, -0.15) is 0 Å². The molecule has 2 aliphatic heterocycles. The summed E-state index contributed by atoms with van der Waals surface area (Å²) in [4.78, 5) is 25.6. The average molecular weight is 304 g/mol. The lowest BCUT2D eigenvalue weighted by Crippen LogP contribution is -2.37. The SMILES string of the molecule is CCC(=O)N1CCc2nc(N3CCOCC3)nc(C)c2CC1. The van der Waals surface area contributed by atoms with Gasteiger partial charge in [-0.15, -0.1) is 0 Å². The predicted molar refractivity (Wildman–Crippen MR) is 84.1 cm³/mol. The van der Waals surface area contributed by atoms with Crippen molar-refractivity contribution in [2.75, 3.05) is 44.3 Å². The smallest absolute Gasteiger partial charge is 0.225 e. The lowest BCUT2D eigenvalue weighted by atomic mass is 10.1. The fourth-order valence-corrected chi connectivity index (χ4v) is 3.15. The van der Waals surface area contributed by atoms with Gasteiger partial charge in [0.1, 0.15) is 0 Å². The lowest BCUT2D eigenvalue weighted by molar-refractivity contribution is -0.130. The second-order valence-electron chi connectivity index (χ2n) is 5.87. The Kier molecular flexibility index (Phi) is 4.57. The van der Waals surface area contributed by atoms with Crippen molar-refractivity contribution < 1.29 is 9.53 Å². The van der Waals surface area contributed by atoms with Crippen LogP contribution in [0.3, 0.4) is 0 Å². The van der Waals surface area contributed by atoms with Crippen molar-refractivity contribution in [2.24, 2.45) is 0 Å². The molecule has 0 atom stereocenters. The van der Waals surface area contributed by atoms with E-state index in [0.29, 0.717) is 6.42 Å². The van der Waals surface area contributed by atoms with Gasteiger partial charge in [-0.25, -0.2) is 9.97 Å². The number of hydrogen-bond donors (Lipinski definition) is 0. The van der Waals surface area contributed by atoms with Crippen LogP contribution < -0.4 is 4.90 Å². The number of carbonyl (C=O) groups excluding carboxylic acids is 1. The maximum atomic E-state index is 11.9. The van der Waals surface area contributed by atoms with Gasteiger partial charge >= 0.3 is 0 Å². The summed E-state index contributed by atoms with van der Waals surface area (Å²) >= 11 is 0. The first-order valence-corrected chi connectivity index (χ1v) is 8.16. The quantitative estimate of drug-likeness (QED) is 0.814. The van der Waals surface area contributed by atoms with Gasteiger partial charge in [-0.3, -0.25) is 4.79 Å². The molecule has 3 rings (SSSR count). The zero-order valence-corrected chi connectivity index (χ0v) is 13.5. The summed E-state index contributed by atoms with van der Waals surface area (Å²) in [5.74, 6) is 1.04. The Bertz CT molecular complexity index is 555.